The van der Waals surface area contributed by atoms with E-state index in [1.54, 1.807) is 0 Å². The molecule has 2 aliphatic rings. The minimum absolute atomic E-state index is 0.0417. The Bertz CT molecular complexity index is 163. The van der Waals surface area contributed by atoms with Crippen LogP contribution >= 0.6 is 0 Å². The maximum absolute atomic E-state index is 9.94. The average molecular weight is 169 g/mol. The van der Waals surface area contributed by atoms with Crippen LogP contribution in [-0.4, -0.2) is 34.7 Å². The van der Waals surface area contributed by atoms with E-state index in [9.17, 15) is 5.11 Å². The second-order valence-electron chi connectivity index (χ2n) is 4.19. The molecular formula is C10H19NO. The van der Waals surface area contributed by atoms with Gasteiger partial charge in [0.2, 0.25) is 0 Å². The molecule has 1 atom stereocenters. The van der Waals surface area contributed by atoms with Gasteiger partial charge in [0.15, 0.2) is 0 Å². The molecule has 2 nitrogen and oxygen atoms in total. The lowest BCUT2D eigenvalue weighted by atomic mass is 9.91. The lowest BCUT2D eigenvalue weighted by molar-refractivity contribution is 0.0347. The average Bonchev–Trinajstić information content (AvgIpc) is 2.65. The highest BCUT2D eigenvalue weighted by atomic mass is 16.3. The zero-order chi connectivity index (χ0) is 8.60. The van der Waals surface area contributed by atoms with Gasteiger partial charge in [0.1, 0.15) is 0 Å². The third-order valence-electron chi connectivity index (χ3n) is 3.77. The molecule has 1 saturated heterocycles. The summed E-state index contributed by atoms with van der Waals surface area (Å²) >= 11 is 0. The molecule has 2 fully saturated rings. The van der Waals surface area contributed by atoms with Gasteiger partial charge in [-0.3, -0.25) is 4.90 Å². The van der Waals surface area contributed by atoms with Gasteiger partial charge in [0, 0.05) is 12.1 Å². The number of likely N-dealkylation sites (tertiary alicyclic amines) is 1. The van der Waals surface area contributed by atoms with Crippen molar-refractivity contribution in [2.75, 3.05) is 13.1 Å². The van der Waals surface area contributed by atoms with Crippen LogP contribution in [0.5, 0.6) is 0 Å². The Morgan fingerprint density at radius 3 is 2.67 bits per heavy atom. The summed E-state index contributed by atoms with van der Waals surface area (Å²) in [7, 11) is 0. The molecular weight excluding hydrogens is 150 g/mol. The summed E-state index contributed by atoms with van der Waals surface area (Å²) in [6, 6.07) is 0. The van der Waals surface area contributed by atoms with Crippen molar-refractivity contribution in [3.05, 3.63) is 0 Å². The van der Waals surface area contributed by atoms with Gasteiger partial charge in [-0.2, -0.15) is 0 Å². The topological polar surface area (TPSA) is 23.5 Å². The second kappa shape index (κ2) is 3.00. The van der Waals surface area contributed by atoms with Crippen LogP contribution in [0.3, 0.4) is 0 Å². The molecule has 1 heterocycles. The van der Waals surface area contributed by atoms with Gasteiger partial charge in [-0.25, -0.2) is 0 Å². The van der Waals surface area contributed by atoms with Crippen molar-refractivity contribution in [3.8, 4) is 0 Å². The molecule has 0 amide bonds. The summed E-state index contributed by atoms with van der Waals surface area (Å²) in [5.41, 5.74) is 0.203. The molecule has 1 unspecified atom stereocenters. The zero-order valence-corrected chi connectivity index (χ0v) is 7.92. The van der Waals surface area contributed by atoms with Gasteiger partial charge in [0.05, 0.1) is 6.10 Å². The van der Waals surface area contributed by atoms with E-state index in [4.69, 9.17) is 0 Å². The maximum atomic E-state index is 9.94. The SMILES string of the molecule is CCN1CCC(O)C12CCCC2. The van der Waals surface area contributed by atoms with Crippen LogP contribution in [-0.2, 0) is 0 Å². The zero-order valence-electron chi connectivity index (χ0n) is 7.92. The lowest BCUT2D eigenvalue weighted by Gasteiger charge is -2.36. The quantitative estimate of drug-likeness (QED) is 0.641. The lowest BCUT2D eigenvalue weighted by Crippen LogP contribution is -2.47. The minimum Gasteiger partial charge on any atom is -0.391 e. The Labute approximate surface area is 74.6 Å². The molecule has 0 bridgehead atoms. The van der Waals surface area contributed by atoms with Crippen LogP contribution in [0.4, 0.5) is 0 Å². The Kier molecular flexibility index (Phi) is 2.13. The molecule has 1 aliphatic carbocycles. The first kappa shape index (κ1) is 8.52. The normalized spacial score (nSPS) is 35.0. The molecule has 1 N–H and O–H groups in total. The second-order valence-corrected chi connectivity index (χ2v) is 4.19. The van der Waals surface area contributed by atoms with Crippen LogP contribution in [0.15, 0.2) is 0 Å². The highest BCUT2D eigenvalue weighted by molar-refractivity contribution is 5.04. The van der Waals surface area contributed by atoms with Crippen molar-refractivity contribution in [3.63, 3.8) is 0 Å². The number of likely N-dealkylation sites (N-methyl/N-ethyl adjacent to an activating group) is 1. The molecule has 2 rings (SSSR count). The summed E-state index contributed by atoms with van der Waals surface area (Å²) in [5.74, 6) is 0. The molecule has 0 aromatic heterocycles. The molecule has 2 heteroatoms. The minimum atomic E-state index is -0.0417. The van der Waals surface area contributed by atoms with E-state index in [0.29, 0.717) is 0 Å². The molecule has 0 aromatic rings. The summed E-state index contributed by atoms with van der Waals surface area (Å²) in [5, 5.41) is 9.94. The van der Waals surface area contributed by atoms with Crippen LogP contribution in [0.2, 0.25) is 0 Å². The van der Waals surface area contributed by atoms with Crippen molar-refractivity contribution in [1.29, 1.82) is 0 Å². The number of hydrogen-bond acceptors (Lipinski definition) is 2. The fourth-order valence-corrected chi connectivity index (χ4v) is 3.09. The summed E-state index contributed by atoms with van der Waals surface area (Å²) in [4.78, 5) is 2.49. The van der Waals surface area contributed by atoms with Gasteiger partial charge in [-0.1, -0.05) is 19.8 Å². The van der Waals surface area contributed by atoms with Crippen LogP contribution < -0.4 is 0 Å². The van der Waals surface area contributed by atoms with Gasteiger partial charge in [-0.05, 0) is 25.8 Å². The molecule has 0 radical (unpaired) electrons. The predicted molar refractivity (Wildman–Crippen MR) is 49.1 cm³/mol. The number of nitrogens with zero attached hydrogens (tertiary/aromatic N) is 1. The Morgan fingerprint density at radius 1 is 1.42 bits per heavy atom. The molecule has 70 valence electrons. The van der Waals surface area contributed by atoms with Gasteiger partial charge >= 0.3 is 0 Å². The molecule has 12 heavy (non-hydrogen) atoms. The van der Waals surface area contributed by atoms with Crippen molar-refractivity contribution >= 4 is 0 Å². The molecule has 1 aliphatic heterocycles. The highest BCUT2D eigenvalue weighted by Gasteiger charge is 2.48. The Hall–Kier alpha value is -0.0800. The van der Waals surface area contributed by atoms with E-state index in [0.717, 1.165) is 19.5 Å². The van der Waals surface area contributed by atoms with Crippen molar-refractivity contribution in [2.45, 2.75) is 50.7 Å². The maximum Gasteiger partial charge on any atom is 0.0736 e. The number of aliphatic hydroxyl groups is 1. The number of rotatable bonds is 1. The van der Waals surface area contributed by atoms with Crippen molar-refractivity contribution < 1.29 is 5.11 Å². The van der Waals surface area contributed by atoms with Crippen molar-refractivity contribution in [2.24, 2.45) is 0 Å². The molecule has 1 saturated carbocycles. The van der Waals surface area contributed by atoms with Crippen LogP contribution in [0.1, 0.15) is 39.0 Å². The highest BCUT2D eigenvalue weighted by Crippen LogP contribution is 2.42. The third-order valence-corrected chi connectivity index (χ3v) is 3.77. The van der Waals surface area contributed by atoms with E-state index in [2.05, 4.69) is 11.8 Å². The fourth-order valence-electron chi connectivity index (χ4n) is 3.09. The Morgan fingerprint density at radius 2 is 2.08 bits per heavy atom. The van der Waals surface area contributed by atoms with E-state index >= 15 is 0 Å². The van der Waals surface area contributed by atoms with Crippen LogP contribution in [0, 0.1) is 0 Å². The van der Waals surface area contributed by atoms with E-state index < -0.39 is 0 Å². The van der Waals surface area contributed by atoms with E-state index in [1.807, 2.05) is 0 Å². The smallest absolute Gasteiger partial charge is 0.0736 e. The van der Waals surface area contributed by atoms with Gasteiger partial charge in [-0.15, -0.1) is 0 Å². The Balaban J connectivity index is 2.17. The van der Waals surface area contributed by atoms with Gasteiger partial charge in [0.25, 0.3) is 0 Å². The summed E-state index contributed by atoms with van der Waals surface area (Å²) < 4.78 is 0. The first-order chi connectivity index (χ1) is 5.79. The largest absolute Gasteiger partial charge is 0.391 e. The predicted octanol–water partition coefficient (Wildman–Crippen LogP) is 1.39. The molecule has 1 spiro atoms. The third kappa shape index (κ3) is 1.01. The monoisotopic (exact) mass is 169 g/mol. The standard InChI is InChI=1S/C10H19NO/c1-2-11-8-5-9(12)10(11)6-3-4-7-10/h9,12H,2-8H2,1H3. The summed E-state index contributed by atoms with van der Waals surface area (Å²) in [6.07, 6.45) is 6.03. The molecule has 0 aromatic carbocycles. The summed E-state index contributed by atoms with van der Waals surface area (Å²) in [6.45, 7) is 4.42. The van der Waals surface area contributed by atoms with Crippen molar-refractivity contribution in [1.82, 2.24) is 4.90 Å². The van der Waals surface area contributed by atoms with E-state index in [-0.39, 0.29) is 11.6 Å². The fraction of sp³-hybridized carbons (Fsp3) is 1.00. The van der Waals surface area contributed by atoms with E-state index in [1.165, 1.54) is 25.7 Å². The van der Waals surface area contributed by atoms with Gasteiger partial charge < -0.3 is 5.11 Å². The first-order valence-corrected chi connectivity index (χ1v) is 5.23. The number of aliphatic hydroxyl groups excluding tert-OH is 1. The van der Waals surface area contributed by atoms with Crippen LogP contribution in [0.25, 0.3) is 0 Å². The number of hydrogen-bond donors (Lipinski definition) is 1. The first-order valence-electron chi connectivity index (χ1n) is 5.23.